The van der Waals surface area contributed by atoms with E-state index >= 15 is 0 Å². The van der Waals surface area contributed by atoms with Crippen LogP contribution in [0.1, 0.15) is 32.1 Å². The Morgan fingerprint density at radius 3 is 2.79 bits per heavy atom. The van der Waals surface area contributed by atoms with E-state index in [4.69, 9.17) is 10.8 Å². The van der Waals surface area contributed by atoms with Crippen molar-refractivity contribution in [3.8, 4) is 6.07 Å². The molecule has 0 spiro atoms. The van der Waals surface area contributed by atoms with Crippen LogP contribution in [0.4, 0.5) is 0 Å². The number of nitrogens with one attached hydrogen (secondary N) is 1. The Bertz CT molecular complexity index is 244. The molecule has 0 aliphatic heterocycles. The zero-order valence-electron chi connectivity index (χ0n) is 8.19. The summed E-state index contributed by atoms with van der Waals surface area (Å²) in [6.07, 6.45) is 6.03. The fraction of sp³-hybridized carbons (Fsp3) is 0.889. The third kappa shape index (κ3) is 3.65. The predicted octanol–water partition coefficient (Wildman–Crippen LogP) is 2.11. The molecule has 0 radical (unpaired) electrons. The summed E-state index contributed by atoms with van der Waals surface area (Å²) < 4.78 is 0. The maximum absolute atomic E-state index is 8.79. The average Bonchev–Trinajstić information content (AvgIpc) is 2.25. The largest absolute Gasteiger partial charge is 0.299 e. The first-order valence-electron chi connectivity index (χ1n) is 5.03. The topological polar surface area (TPSA) is 84.6 Å². The number of nitrogens with zero attached hydrogens (tertiary/aromatic N) is 4. The van der Waals surface area contributed by atoms with Crippen LogP contribution >= 0.6 is 0 Å². The third-order valence-corrected chi connectivity index (χ3v) is 2.53. The van der Waals surface area contributed by atoms with Crippen molar-refractivity contribution in [2.45, 2.75) is 44.2 Å². The first-order valence-corrected chi connectivity index (χ1v) is 5.03. The van der Waals surface area contributed by atoms with Crippen molar-refractivity contribution in [3.05, 3.63) is 10.4 Å². The number of rotatable bonds is 4. The quantitative estimate of drug-likeness (QED) is 0.421. The molecule has 1 saturated carbocycles. The van der Waals surface area contributed by atoms with Crippen LogP contribution in [0.15, 0.2) is 5.11 Å². The van der Waals surface area contributed by atoms with Crippen LogP contribution < -0.4 is 5.32 Å². The fourth-order valence-corrected chi connectivity index (χ4v) is 1.80. The lowest BCUT2D eigenvalue weighted by Crippen LogP contribution is -2.40. The highest BCUT2D eigenvalue weighted by Gasteiger charge is 2.16. The second kappa shape index (κ2) is 6.25. The van der Waals surface area contributed by atoms with Crippen molar-refractivity contribution >= 4 is 0 Å². The van der Waals surface area contributed by atoms with Gasteiger partial charge in [0.2, 0.25) is 0 Å². The highest BCUT2D eigenvalue weighted by Crippen LogP contribution is 2.17. The fourth-order valence-electron chi connectivity index (χ4n) is 1.80. The molecule has 1 fully saturated rings. The van der Waals surface area contributed by atoms with E-state index in [2.05, 4.69) is 21.4 Å². The lowest BCUT2D eigenvalue weighted by Gasteiger charge is -2.24. The monoisotopic (exact) mass is 193 g/mol. The minimum atomic E-state index is -0.325. The molecule has 0 aromatic carbocycles. The van der Waals surface area contributed by atoms with Crippen LogP contribution in [0.25, 0.3) is 10.4 Å². The van der Waals surface area contributed by atoms with Gasteiger partial charge in [0.1, 0.15) is 6.04 Å². The lowest BCUT2D eigenvalue weighted by atomic mass is 9.95. The van der Waals surface area contributed by atoms with Crippen LogP contribution in [-0.4, -0.2) is 18.6 Å². The van der Waals surface area contributed by atoms with Gasteiger partial charge < -0.3 is 0 Å². The summed E-state index contributed by atoms with van der Waals surface area (Å²) in [5, 5.41) is 15.4. The summed E-state index contributed by atoms with van der Waals surface area (Å²) in [5.74, 6) is 0. The molecular formula is C9H15N5. The average molecular weight is 193 g/mol. The van der Waals surface area contributed by atoms with E-state index in [1.807, 2.05) is 0 Å². The number of hydrogen-bond acceptors (Lipinski definition) is 3. The maximum atomic E-state index is 8.79. The van der Waals surface area contributed by atoms with Gasteiger partial charge in [0.05, 0.1) is 12.6 Å². The van der Waals surface area contributed by atoms with Gasteiger partial charge in [-0.15, -0.1) is 0 Å². The van der Waals surface area contributed by atoms with Crippen LogP contribution in [-0.2, 0) is 0 Å². The molecule has 76 valence electrons. The minimum Gasteiger partial charge on any atom is -0.299 e. The van der Waals surface area contributed by atoms with E-state index in [0.717, 1.165) is 12.8 Å². The summed E-state index contributed by atoms with van der Waals surface area (Å²) in [6, 6.07) is 2.22. The first-order chi connectivity index (χ1) is 6.86. The lowest BCUT2D eigenvalue weighted by molar-refractivity contribution is 0.359. The van der Waals surface area contributed by atoms with E-state index in [0.29, 0.717) is 6.04 Å². The van der Waals surface area contributed by atoms with Gasteiger partial charge in [-0.25, -0.2) is 0 Å². The molecule has 5 nitrogen and oxygen atoms in total. The van der Waals surface area contributed by atoms with Crippen LogP contribution in [0.5, 0.6) is 0 Å². The smallest absolute Gasteiger partial charge is 0.101 e. The summed E-state index contributed by atoms with van der Waals surface area (Å²) >= 11 is 0. The Kier molecular flexibility index (Phi) is 4.84. The zero-order valence-corrected chi connectivity index (χ0v) is 8.19. The van der Waals surface area contributed by atoms with Gasteiger partial charge in [-0.2, -0.15) is 5.26 Å². The van der Waals surface area contributed by atoms with Crippen molar-refractivity contribution in [3.63, 3.8) is 0 Å². The molecule has 1 aliphatic carbocycles. The number of nitriles is 1. The summed E-state index contributed by atoms with van der Waals surface area (Å²) in [5.41, 5.74) is 8.14. The van der Waals surface area contributed by atoms with Crippen molar-refractivity contribution < 1.29 is 0 Å². The molecule has 0 bridgehead atoms. The molecule has 0 heterocycles. The van der Waals surface area contributed by atoms with Crippen LogP contribution in [0.2, 0.25) is 0 Å². The van der Waals surface area contributed by atoms with Gasteiger partial charge >= 0.3 is 0 Å². The number of hydrogen-bond donors (Lipinski definition) is 1. The molecule has 14 heavy (non-hydrogen) atoms. The van der Waals surface area contributed by atoms with E-state index < -0.39 is 0 Å². The summed E-state index contributed by atoms with van der Waals surface area (Å²) in [7, 11) is 0. The number of azide groups is 1. The summed E-state index contributed by atoms with van der Waals surface area (Å²) in [6.45, 7) is 0.226. The van der Waals surface area contributed by atoms with Gasteiger partial charge in [0, 0.05) is 11.0 Å². The summed E-state index contributed by atoms with van der Waals surface area (Å²) in [4.78, 5) is 2.65. The van der Waals surface area contributed by atoms with E-state index in [1.54, 1.807) is 0 Å². The highest BCUT2D eigenvalue weighted by atomic mass is 15.1. The molecule has 5 heteroatoms. The maximum Gasteiger partial charge on any atom is 0.101 e. The van der Waals surface area contributed by atoms with Crippen molar-refractivity contribution in [2.24, 2.45) is 5.11 Å². The molecule has 0 amide bonds. The Morgan fingerprint density at radius 1 is 1.50 bits per heavy atom. The van der Waals surface area contributed by atoms with E-state index in [9.17, 15) is 0 Å². The molecule has 0 aromatic rings. The third-order valence-electron chi connectivity index (χ3n) is 2.53. The van der Waals surface area contributed by atoms with Gasteiger partial charge in [-0.1, -0.05) is 24.4 Å². The highest BCUT2D eigenvalue weighted by molar-refractivity contribution is 4.94. The standard InChI is InChI=1S/C9H15N5/c10-6-9(7-12-14-11)13-8-4-2-1-3-5-8/h8-9,13H,1-5,7H2. The molecule has 1 aliphatic rings. The van der Waals surface area contributed by atoms with E-state index in [-0.39, 0.29) is 12.6 Å². The molecule has 1 N–H and O–H groups in total. The second-order valence-corrected chi connectivity index (χ2v) is 3.60. The second-order valence-electron chi connectivity index (χ2n) is 3.60. The Hall–Kier alpha value is -1.24. The molecule has 1 atom stereocenters. The molecule has 1 rings (SSSR count). The molecule has 1 unspecified atom stereocenters. The van der Waals surface area contributed by atoms with Crippen molar-refractivity contribution in [1.82, 2.24) is 5.32 Å². The predicted molar refractivity (Wildman–Crippen MR) is 53.4 cm³/mol. The van der Waals surface area contributed by atoms with Crippen molar-refractivity contribution in [2.75, 3.05) is 6.54 Å². The molecule has 0 aromatic heterocycles. The Labute approximate surface area is 83.7 Å². The van der Waals surface area contributed by atoms with Gasteiger partial charge in [0.25, 0.3) is 0 Å². The van der Waals surface area contributed by atoms with E-state index in [1.165, 1.54) is 19.3 Å². The Morgan fingerprint density at radius 2 is 2.21 bits per heavy atom. The van der Waals surface area contributed by atoms with Gasteiger partial charge in [0.15, 0.2) is 0 Å². The van der Waals surface area contributed by atoms with Crippen LogP contribution in [0.3, 0.4) is 0 Å². The molecular weight excluding hydrogens is 178 g/mol. The normalized spacial score (nSPS) is 19.4. The zero-order chi connectivity index (χ0) is 10.2. The Balaban J connectivity index is 2.31. The van der Waals surface area contributed by atoms with Gasteiger partial charge in [-0.05, 0) is 18.4 Å². The van der Waals surface area contributed by atoms with Crippen LogP contribution in [0, 0.1) is 11.3 Å². The van der Waals surface area contributed by atoms with Crippen molar-refractivity contribution in [1.29, 1.82) is 5.26 Å². The van der Waals surface area contributed by atoms with Gasteiger partial charge in [-0.3, -0.25) is 5.32 Å². The first kappa shape index (κ1) is 10.8. The molecule has 0 saturated heterocycles. The SMILES string of the molecule is N#CC(CN=[N+]=[N-])NC1CCCCC1. The minimum absolute atomic E-state index is 0.226.